The third-order valence-corrected chi connectivity index (χ3v) is 11.2. The number of hydrogen-bond acceptors (Lipinski definition) is 7. The Labute approximate surface area is 314 Å². The Hall–Kier alpha value is -4.35. The third-order valence-electron chi connectivity index (χ3n) is 11.2. The number of pyridine rings is 1. The summed E-state index contributed by atoms with van der Waals surface area (Å²) >= 11 is 0. The smallest absolute Gasteiger partial charge is 0.289 e. The van der Waals surface area contributed by atoms with Gasteiger partial charge in [-0.25, -0.2) is 0 Å². The molecule has 1 aromatic heterocycles. The summed E-state index contributed by atoms with van der Waals surface area (Å²) < 4.78 is 0. The van der Waals surface area contributed by atoms with Crippen molar-refractivity contribution in [2.24, 2.45) is 28.6 Å². The Morgan fingerprint density at radius 2 is 1.68 bits per heavy atom. The predicted molar refractivity (Wildman–Crippen MR) is 203 cm³/mol. The summed E-state index contributed by atoms with van der Waals surface area (Å²) in [6.45, 7) is 19.7. The standard InChI is InChI=1S/C41H60N6O6/c1-9-21-43-37(51)32(48)30(24-27-16-17-27)44-36(50)31-28(26(4)25(2)3)18-23-47(31)39(53)34(40(5,6)7)46-38(52)33(41(8)19-12-10-13-20-41)45-35(49)29-15-11-14-22-42-29/h9,11,14-15,22,25,27-28,30-31,33-34H,1,4,10,12-13,16-21,23-24H2,2-3,5-8H3,(H,43,51)(H,44,50)(H,45,49)(H,46,52)/t28-,30?,31+,33-,34-/m1/s1. The second kappa shape index (κ2) is 17.6. The van der Waals surface area contributed by atoms with Gasteiger partial charge in [0.05, 0.1) is 6.04 Å². The van der Waals surface area contributed by atoms with Crippen molar-refractivity contribution in [1.82, 2.24) is 31.2 Å². The quantitative estimate of drug-likeness (QED) is 0.146. The molecule has 1 aromatic rings. The molecular formula is C41H60N6O6. The van der Waals surface area contributed by atoms with Crippen LogP contribution in [0.4, 0.5) is 0 Å². The molecule has 12 heteroatoms. The van der Waals surface area contributed by atoms with Crippen LogP contribution in [0.3, 0.4) is 0 Å². The monoisotopic (exact) mass is 732 g/mol. The van der Waals surface area contributed by atoms with Crippen LogP contribution in [0.15, 0.2) is 49.2 Å². The van der Waals surface area contributed by atoms with Gasteiger partial charge in [0.25, 0.3) is 11.8 Å². The van der Waals surface area contributed by atoms with Gasteiger partial charge in [-0.15, -0.1) is 6.58 Å². The highest BCUT2D eigenvalue weighted by atomic mass is 16.2. The van der Waals surface area contributed by atoms with Crippen LogP contribution in [0.25, 0.3) is 0 Å². The first-order chi connectivity index (χ1) is 25.0. The van der Waals surface area contributed by atoms with Crippen molar-refractivity contribution in [2.75, 3.05) is 13.1 Å². The van der Waals surface area contributed by atoms with Gasteiger partial charge in [-0.2, -0.15) is 0 Å². The van der Waals surface area contributed by atoms with E-state index in [4.69, 9.17) is 0 Å². The van der Waals surface area contributed by atoms with Gasteiger partial charge in [-0.3, -0.25) is 33.8 Å². The summed E-state index contributed by atoms with van der Waals surface area (Å²) in [6.07, 6.45) is 9.90. The molecule has 1 aliphatic heterocycles. The Morgan fingerprint density at radius 3 is 2.25 bits per heavy atom. The Balaban J connectivity index is 1.64. The van der Waals surface area contributed by atoms with Crippen LogP contribution in [0.1, 0.15) is 110 Å². The van der Waals surface area contributed by atoms with E-state index in [2.05, 4.69) is 39.4 Å². The van der Waals surface area contributed by atoms with Crippen LogP contribution in [0, 0.1) is 28.6 Å². The molecule has 2 heterocycles. The molecule has 5 atom stereocenters. The van der Waals surface area contributed by atoms with E-state index in [1.54, 1.807) is 18.2 Å². The number of ketones is 1. The van der Waals surface area contributed by atoms with E-state index in [0.717, 1.165) is 50.5 Å². The van der Waals surface area contributed by atoms with Gasteiger partial charge in [-0.05, 0) is 60.5 Å². The van der Waals surface area contributed by atoms with E-state index >= 15 is 0 Å². The first kappa shape index (κ1) is 41.4. The first-order valence-electron chi connectivity index (χ1n) is 19.2. The van der Waals surface area contributed by atoms with Gasteiger partial charge in [-0.1, -0.05) is 97.9 Å². The molecule has 5 amide bonds. The summed E-state index contributed by atoms with van der Waals surface area (Å²) in [4.78, 5) is 88.7. The summed E-state index contributed by atoms with van der Waals surface area (Å²) in [5, 5.41) is 11.4. The number of hydrogen-bond donors (Lipinski definition) is 4. The number of likely N-dealkylation sites (tertiary alicyclic amines) is 1. The molecule has 1 saturated heterocycles. The molecule has 12 nitrogen and oxygen atoms in total. The number of carbonyl (C=O) groups is 6. The van der Waals surface area contributed by atoms with Crippen LogP contribution in [-0.4, -0.2) is 82.5 Å². The molecule has 1 unspecified atom stereocenters. The average molecular weight is 733 g/mol. The fourth-order valence-electron chi connectivity index (χ4n) is 7.71. The Morgan fingerprint density at radius 1 is 1.00 bits per heavy atom. The van der Waals surface area contributed by atoms with Gasteiger partial charge in [0, 0.05) is 25.2 Å². The number of amides is 5. The van der Waals surface area contributed by atoms with Crippen molar-refractivity contribution in [3.8, 4) is 0 Å². The van der Waals surface area contributed by atoms with Crippen molar-refractivity contribution < 1.29 is 28.8 Å². The summed E-state index contributed by atoms with van der Waals surface area (Å²) in [7, 11) is 0. The van der Waals surface area contributed by atoms with Crippen molar-refractivity contribution in [3.05, 3.63) is 54.9 Å². The SMILES string of the molecule is C=CCNC(=O)C(=O)C(CC1CC1)NC(=O)[C@@H]1[C@@H](C(=C)C(C)C)CCN1C(=O)[C@@H](NC(=O)[C@@H](NC(=O)c1ccccn1)C1(C)CCCCC1)C(C)(C)C. The number of aromatic nitrogens is 1. The van der Waals surface area contributed by atoms with E-state index in [1.807, 2.05) is 41.5 Å². The van der Waals surface area contributed by atoms with Crippen molar-refractivity contribution in [1.29, 1.82) is 0 Å². The molecular weight excluding hydrogens is 672 g/mol. The van der Waals surface area contributed by atoms with Gasteiger partial charge in [0.1, 0.15) is 23.8 Å². The molecule has 53 heavy (non-hydrogen) atoms. The maximum atomic E-state index is 14.8. The Kier molecular flexibility index (Phi) is 13.8. The molecule has 0 aromatic carbocycles. The van der Waals surface area contributed by atoms with Crippen LogP contribution in [0.2, 0.25) is 0 Å². The van der Waals surface area contributed by atoms with Crippen LogP contribution < -0.4 is 21.3 Å². The van der Waals surface area contributed by atoms with Gasteiger partial charge < -0.3 is 26.2 Å². The largest absolute Gasteiger partial charge is 0.346 e. The number of nitrogens with zero attached hydrogens (tertiary/aromatic N) is 2. The molecule has 4 rings (SSSR count). The number of rotatable bonds is 16. The molecule has 2 saturated carbocycles. The molecule has 0 spiro atoms. The zero-order valence-corrected chi connectivity index (χ0v) is 32.5. The molecule has 0 radical (unpaired) electrons. The second-order valence-electron chi connectivity index (χ2n) is 16.8. The summed E-state index contributed by atoms with van der Waals surface area (Å²) in [5.41, 5.74) is -0.368. The lowest BCUT2D eigenvalue weighted by Gasteiger charge is -2.42. The summed E-state index contributed by atoms with van der Waals surface area (Å²) in [5.74, 6) is -3.65. The normalized spacial score (nSPS) is 21.5. The van der Waals surface area contributed by atoms with Crippen molar-refractivity contribution in [2.45, 2.75) is 123 Å². The number of nitrogens with one attached hydrogen (secondary N) is 4. The molecule has 3 aliphatic rings. The molecule has 0 bridgehead atoms. The fraction of sp³-hybridized carbons (Fsp3) is 0.634. The van der Waals surface area contributed by atoms with Gasteiger partial charge >= 0.3 is 0 Å². The van der Waals surface area contributed by atoms with E-state index in [-0.39, 0.29) is 30.6 Å². The highest BCUT2D eigenvalue weighted by Crippen LogP contribution is 2.40. The molecule has 3 fully saturated rings. The van der Waals surface area contributed by atoms with Gasteiger partial charge in [0.2, 0.25) is 23.5 Å². The molecule has 2 aliphatic carbocycles. The Bertz CT molecular complexity index is 1540. The minimum absolute atomic E-state index is 0.0109. The molecule has 290 valence electrons. The van der Waals surface area contributed by atoms with Crippen LogP contribution >= 0.6 is 0 Å². The molecule has 4 N–H and O–H groups in total. The average Bonchev–Trinajstić information content (AvgIpc) is 3.83. The predicted octanol–water partition coefficient (Wildman–Crippen LogP) is 4.27. The van der Waals surface area contributed by atoms with E-state index < -0.39 is 76.2 Å². The highest BCUT2D eigenvalue weighted by molar-refractivity contribution is 6.38. The summed E-state index contributed by atoms with van der Waals surface area (Å²) in [6, 6.07) is 0.935. The van der Waals surface area contributed by atoms with E-state index in [1.165, 1.54) is 17.2 Å². The maximum Gasteiger partial charge on any atom is 0.289 e. The second-order valence-corrected chi connectivity index (χ2v) is 16.8. The minimum Gasteiger partial charge on any atom is -0.346 e. The topological polar surface area (TPSA) is 167 Å². The number of Topliss-reactive ketones (excluding diaryl/α,β-unsaturated/α-hetero) is 1. The lowest BCUT2D eigenvalue weighted by atomic mass is 9.70. The fourth-order valence-corrected chi connectivity index (χ4v) is 7.71. The van der Waals surface area contributed by atoms with Crippen molar-refractivity contribution >= 4 is 35.3 Å². The highest BCUT2D eigenvalue weighted by Gasteiger charge is 2.50. The zero-order chi connectivity index (χ0) is 39.1. The zero-order valence-electron chi connectivity index (χ0n) is 32.5. The maximum absolute atomic E-state index is 14.8. The first-order valence-corrected chi connectivity index (χ1v) is 19.2. The number of carbonyl (C=O) groups excluding carboxylic acids is 6. The lowest BCUT2D eigenvalue weighted by Crippen LogP contribution is -2.63. The lowest BCUT2D eigenvalue weighted by molar-refractivity contribution is -0.146. The van der Waals surface area contributed by atoms with Crippen LogP contribution in [-0.2, 0) is 24.0 Å². The van der Waals surface area contributed by atoms with E-state index in [9.17, 15) is 28.8 Å². The third kappa shape index (κ3) is 10.4. The van der Waals surface area contributed by atoms with Crippen molar-refractivity contribution in [3.63, 3.8) is 0 Å². The van der Waals surface area contributed by atoms with Gasteiger partial charge in [0.15, 0.2) is 0 Å². The van der Waals surface area contributed by atoms with E-state index in [0.29, 0.717) is 12.8 Å². The minimum atomic E-state index is -1.06. The van der Waals surface area contributed by atoms with Crippen LogP contribution in [0.5, 0.6) is 0 Å².